The van der Waals surface area contributed by atoms with Crippen LogP contribution in [0.5, 0.6) is 0 Å². The van der Waals surface area contributed by atoms with E-state index < -0.39 is 0 Å². The minimum atomic E-state index is -0.266. The van der Waals surface area contributed by atoms with Gasteiger partial charge in [-0.05, 0) is 55.6 Å². The SMILES string of the molecule is CN1CCN(c2ccc(NC(=O)c3cccc(NC(=O)c4cccc(Br)c4)c3)cn2)CC1. The summed E-state index contributed by atoms with van der Waals surface area (Å²) >= 11 is 3.36. The molecule has 1 aliphatic heterocycles. The van der Waals surface area contributed by atoms with Crippen LogP contribution >= 0.6 is 15.9 Å². The van der Waals surface area contributed by atoms with Crippen molar-refractivity contribution in [2.75, 3.05) is 48.8 Å². The second kappa shape index (κ2) is 9.93. The highest BCUT2D eigenvalue weighted by atomic mass is 79.9. The first-order valence-electron chi connectivity index (χ1n) is 10.4. The molecule has 164 valence electrons. The zero-order chi connectivity index (χ0) is 22.5. The third-order valence-corrected chi connectivity index (χ3v) is 5.80. The number of anilines is 3. The van der Waals surface area contributed by atoms with Gasteiger partial charge in [-0.15, -0.1) is 0 Å². The smallest absolute Gasteiger partial charge is 0.255 e. The van der Waals surface area contributed by atoms with Crippen LogP contribution in [0.2, 0.25) is 0 Å². The number of amides is 2. The molecule has 7 nitrogen and oxygen atoms in total. The first-order chi connectivity index (χ1) is 15.5. The number of hydrogen-bond acceptors (Lipinski definition) is 5. The van der Waals surface area contributed by atoms with Gasteiger partial charge >= 0.3 is 0 Å². The monoisotopic (exact) mass is 493 g/mol. The quantitative estimate of drug-likeness (QED) is 0.559. The van der Waals surface area contributed by atoms with E-state index in [2.05, 4.69) is 48.4 Å². The summed E-state index contributed by atoms with van der Waals surface area (Å²) in [4.78, 5) is 34.2. The Hall–Kier alpha value is -3.23. The Labute approximate surface area is 195 Å². The normalized spacial score (nSPS) is 14.1. The van der Waals surface area contributed by atoms with E-state index in [1.165, 1.54) is 0 Å². The van der Waals surface area contributed by atoms with Crippen molar-refractivity contribution in [3.63, 3.8) is 0 Å². The highest BCUT2D eigenvalue weighted by Gasteiger charge is 2.15. The average molecular weight is 494 g/mol. The molecular formula is C24H24BrN5O2. The summed E-state index contributed by atoms with van der Waals surface area (Å²) in [7, 11) is 2.12. The van der Waals surface area contributed by atoms with Gasteiger partial charge in [0, 0.05) is 47.5 Å². The van der Waals surface area contributed by atoms with Gasteiger partial charge in [0.2, 0.25) is 0 Å². The molecule has 0 spiro atoms. The van der Waals surface area contributed by atoms with Crippen LogP contribution in [0.3, 0.4) is 0 Å². The van der Waals surface area contributed by atoms with Crippen molar-refractivity contribution in [3.05, 3.63) is 82.5 Å². The molecule has 0 bridgehead atoms. The molecule has 8 heteroatoms. The lowest BCUT2D eigenvalue weighted by Gasteiger charge is -2.33. The van der Waals surface area contributed by atoms with Crippen molar-refractivity contribution < 1.29 is 9.59 Å². The molecule has 0 saturated carbocycles. The molecule has 0 aliphatic carbocycles. The molecule has 2 amide bonds. The Morgan fingerprint density at radius 1 is 0.844 bits per heavy atom. The molecule has 0 unspecified atom stereocenters. The number of rotatable bonds is 5. The highest BCUT2D eigenvalue weighted by molar-refractivity contribution is 9.10. The second-order valence-corrected chi connectivity index (χ2v) is 8.61. The lowest BCUT2D eigenvalue weighted by Crippen LogP contribution is -2.44. The standard InChI is InChI=1S/C24H24BrN5O2/c1-29-10-12-30(13-11-29)22-9-8-21(16-26-22)28-24(32)18-5-3-7-20(15-18)27-23(31)17-4-2-6-19(25)14-17/h2-9,14-16H,10-13H2,1H3,(H,27,31)(H,28,32). The van der Waals surface area contributed by atoms with Crippen molar-refractivity contribution in [1.82, 2.24) is 9.88 Å². The van der Waals surface area contributed by atoms with Crippen LogP contribution < -0.4 is 15.5 Å². The van der Waals surface area contributed by atoms with Crippen molar-refractivity contribution in [2.45, 2.75) is 0 Å². The van der Waals surface area contributed by atoms with Gasteiger partial charge in [-0.3, -0.25) is 9.59 Å². The molecule has 4 rings (SSSR count). The Kier molecular flexibility index (Phi) is 6.82. The largest absolute Gasteiger partial charge is 0.354 e. The number of carbonyl (C=O) groups is 2. The van der Waals surface area contributed by atoms with Crippen molar-refractivity contribution in [2.24, 2.45) is 0 Å². The Balaban J connectivity index is 1.39. The topological polar surface area (TPSA) is 77.6 Å². The number of nitrogens with zero attached hydrogens (tertiary/aromatic N) is 3. The van der Waals surface area contributed by atoms with E-state index >= 15 is 0 Å². The fraction of sp³-hybridized carbons (Fsp3) is 0.208. The van der Waals surface area contributed by atoms with Crippen molar-refractivity contribution in [3.8, 4) is 0 Å². The molecule has 2 heterocycles. The van der Waals surface area contributed by atoms with Gasteiger partial charge in [-0.2, -0.15) is 0 Å². The lowest BCUT2D eigenvalue weighted by atomic mass is 10.1. The van der Waals surface area contributed by atoms with Crippen LogP contribution in [-0.2, 0) is 0 Å². The molecule has 2 aromatic carbocycles. The fourth-order valence-corrected chi connectivity index (χ4v) is 3.86. The molecule has 1 aliphatic rings. The number of halogens is 1. The maximum atomic E-state index is 12.7. The van der Waals surface area contributed by atoms with Crippen LogP contribution in [0.25, 0.3) is 0 Å². The van der Waals surface area contributed by atoms with Crippen molar-refractivity contribution >= 4 is 44.9 Å². The average Bonchev–Trinajstić information content (AvgIpc) is 2.80. The third kappa shape index (κ3) is 5.52. The van der Waals surface area contributed by atoms with Crippen LogP contribution in [0, 0.1) is 0 Å². The van der Waals surface area contributed by atoms with E-state index in [1.54, 1.807) is 48.7 Å². The van der Waals surface area contributed by atoms with E-state index in [9.17, 15) is 9.59 Å². The fourth-order valence-electron chi connectivity index (χ4n) is 3.46. The number of benzene rings is 2. The zero-order valence-corrected chi connectivity index (χ0v) is 19.3. The van der Waals surface area contributed by atoms with Crippen LogP contribution in [-0.4, -0.2) is 54.9 Å². The van der Waals surface area contributed by atoms with Gasteiger partial charge in [0.05, 0.1) is 11.9 Å². The molecule has 3 aromatic rings. The molecule has 1 aromatic heterocycles. The third-order valence-electron chi connectivity index (χ3n) is 5.30. The first kappa shape index (κ1) is 22.0. The predicted octanol–water partition coefficient (Wildman–Crippen LogP) is 4.10. The first-order valence-corrected chi connectivity index (χ1v) is 11.1. The van der Waals surface area contributed by atoms with E-state index in [4.69, 9.17) is 0 Å². The van der Waals surface area contributed by atoms with E-state index in [0.717, 1.165) is 36.5 Å². The Morgan fingerprint density at radius 3 is 2.16 bits per heavy atom. The number of carbonyl (C=O) groups excluding carboxylic acids is 2. The number of likely N-dealkylation sites (N-methyl/N-ethyl adjacent to an activating group) is 1. The molecule has 32 heavy (non-hydrogen) atoms. The molecule has 1 saturated heterocycles. The summed E-state index contributed by atoms with van der Waals surface area (Å²) in [5.41, 5.74) is 2.14. The molecular weight excluding hydrogens is 470 g/mol. The minimum absolute atomic E-state index is 0.243. The Morgan fingerprint density at radius 2 is 1.50 bits per heavy atom. The van der Waals surface area contributed by atoms with Crippen LogP contribution in [0.1, 0.15) is 20.7 Å². The van der Waals surface area contributed by atoms with Gasteiger partial charge in [-0.25, -0.2) is 4.98 Å². The second-order valence-electron chi connectivity index (χ2n) is 7.69. The number of hydrogen-bond donors (Lipinski definition) is 2. The Bertz CT molecular complexity index is 1110. The summed E-state index contributed by atoms with van der Waals surface area (Å²) < 4.78 is 0.825. The van der Waals surface area contributed by atoms with E-state index in [0.29, 0.717) is 22.5 Å². The van der Waals surface area contributed by atoms with Gasteiger partial charge in [0.15, 0.2) is 0 Å². The summed E-state index contributed by atoms with van der Waals surface area (Å²) in [6.07, 6.45) is 1.67. The number of piperazine rings is 1. The van der Waals surface area contributed by atoms with Crippen molar-refractivity contribution in [1.29, 1.82) is 0 Å². The van der Waals surface area contributed by atoms with Gasteiger partial charge in [0.25, 0.3) is 11.8 Å². The maximum Gasteiger partial charge on any atom is 0.255 e. The number of aromatic nitrogens is 1. The summed E-state index contributed by atoms with van der Waals surface area (Å²) in [5, 5.41) is 5.70. The molecule has 0 atom stereocenters. The predicted molar refractivity (Wildman–Crippen MR) is 130 cm³/mol. The van der Waals surface area contributed by atoms with E-state index in [-0.39, 0.29) is 11.8 Å². The summed E-state index contributed by atoms with van der Waals surface area (Å²) in [6.45, 7) is 3.89. The maximum absolute atomic E-state index is 12.7. The molecule has 0 radical (unpaired) electrons. The summed E-state index contributed by atoms with van der Waals surface area (Å²) in [6, 6.07) is 17.7. The van der Waals surface area contributed by atoms with Gasteiger partial charge in [0.1, 0.15) is 5.82 Å². The number of pyridine rings is 1. The summed E-state index contributed by atoms with van der Waals surface area (Å²) in [5.74, 6) is 0.401. The minimum Gasteiger partial charge on any atom is -0.354 e. The molecule has 2 N–H and O–H groups in total. The van der Waals surface area contributed by atoms with Gasteiger partial charge < -0.3 is 20.4 Å². The van der Waals surface area contributed by atoms with Crippen LogP contribution in [0.4, 0.5) is 17.2 Å². The van der Waals surface area contributed by atoms with Gasteiger partial charge in [-0.1, -0.05) is 28.1 Å². The molecule has 1 fully saturated rings. The lowest BCUT2D eigenvalue weighted by molar-refractivity contribution is 0.101. The van der Waals surface area contributed by atoms with Crippen LogP contribution in [0.15, 0.2) is 71.3 Å². The zero-order valence-electron chi connectivity index (χ0n) is 17.7. The van der Waals surface area contributed by atoms with E-state index in [1.807, 2.05) is 18.2 Å². The number of nitrogens with one attached hydrogen (secondary N) is 2. The highest BCUT2D eigenvalue weighted by Crippen LogP contribution is 2.18.